The molecule has 2 atom stereocenters. The molecule has 1 saturated heterocycles. The number of aliphatic hydroxyl groups is 1. The van der Waals surface area contributed by atoms with Crippen LogP contribution in [0.3, 0.4) is 0 Å². The summed E-state index contributed by atoms with van der Waals surface area (Å²) in [5, 5.41) is 9.42. The van der Waals surface area contributed by atoms with Gasteiger partial charge in [-0.3, -0.25) is 4.79 Å². The van der Waals surface area contributed by atoms with Gasteiger partial charge in [0.15, 0.2) is 0 Å². The lowest BCUT2D eigenvalue weighted by Gasteiger charge is -2.14. The van der Waals surface area contributed by atoms with Crippen molar-refractivity contribution in [1.82, 2.24) is 4.90 Å². The molecule has 0 spiro atoms. The van der Waals surface area contributed by atoms with Crippen LogP contribution in [-0.4, -0.2) is 54.2 Å². The van der Waals surface area contributed by atoms with Crippen molar-refractivity contribution in [1.29, 1.82) is 0 Å². The molecule has 0 aromatic heterocycles. The van der Waals surface area contributed by atoms with Crippen molar-refractivity contribution in [2.45, 2.75) is 18.6 Å². The van der Waals surface area contributed by atoms with Crippen LogP contribution in [0.25, 0.3) is 0 Å². The van der Waals surface area contributed by atoms with Gasteiger partial charge in [-0.15, -0.1) is 11.6 Å². The highest BCUT2D eigenvalue weighted by molar-refractivity contribution is 6.18. The molecule has 0 radical (unpaired) electrons. The third-order valence-corrected chi connectivity index (χ3v) is 2.39. The number of rotatable bonds is 3. The number of hydrogen-bond donors (Lipinski definition) is 1. The molecule has 1 fully saturated rings. The molecule has 4 nitrogen and oxygen atoms in total. The maximum Gasteiger partial charge on any atom is 0.223 e. The Morgan fingerprint density at radius 2 is 2.38 bits per heavy atom. The van der Waals surface area contributed by atoms with Gasteiger partial charge in [-0.2, -0.15) is 0 Å². The molecule has 0 aromatic carbocycles. The first-order valence-electron chi connectivity index (χ1n) is 4.23. The van der Waals surface area contributed by atoms with Crippen molar-refractivity contribution in [3.05, 3.63) is 0 Å². The summed E-state index contributed by atoms with van der Waals surface area (Å²) in [5.41, 5.74) is 0. The average Bonchev–Trinajstić information content (AvgIpc) is 2.47. The van der Waals surface area contributed by atoms with Crippen LogP contribution in [-0.2, 0) is 9.53 Å². The number of ether oxygens (including phenoxy) is 1. The summed E-state index contributed by atoms with van der Waals surface area (Å²) in [7, 11) is 1.53. The number of alkyl halides is 1. The van der Waals surface area contributed by atoms with Gasteiger partial charge in [0.25, 0.3) is 0 Å². The molecule has 1 amide bonds. The lowest BCUT2D eigenvalue weighted by Crippen LogP contribution is -2.29. The van der Waals surface area contributed by atoms with E-state index in [4.69, 9.17) is 16.3 Å². The van der Waals surface area contributed by atoms with Gasteiger partial charge in [0.05, 0.1) is 6.10 Å². The monoisotopic (exact) mass is 207 g/mol. The summed E-state index contributed by atoms with van der Waals surface area (Å²) in [4.78, 5) is 12.9. The van der Waals surface area contributed by atoms with E-state index in [-0.39, 0.29) is 12.0 Å². The van der Waals surface area contributed by atoms with Crippen molar-refractivity contribution in [2.75, 3.05) is 26.1 Å². The summed E-state index contributed by atoms with van der Waals surface area (Å²) in [6.07, 6.45) is -0.492. The van der Waals surface area contributed by atoms with Gasteiger partial charge in [-0.1, -0.05) is 0 Å². The fraction of sp³-hybridized carbons (Fsp3) is 0.875. The maximum absolute atomic E-state index is 11.3. The lowest BCUT2D eigenvalue weighted by molar-refractivity contribution is -0.130. The molecular weight excluding hydrogens is 194 g/mol. The zero-order chi connectivity index (χ0) is 9.84. The summed E-state index contributed by atoms with van der Waals surface area (Å²) in [5.74, 6) is 0.303. The first-order valence-corrected chi connectivity index (χ1v) is 4.77. The van der Waals surface area contributed by atoms with Gasteiger partial charge >= 0.3 is 0 Å². The normalized spacial score (nSPS) is 28.1. The number of carbonyl (C=O) groups is 1. The Balaban J connectivity index is 2.43. The van der Waals surface area contributed by atoms with Gasteiger partial charge in [0, 0.05) is 32.5 Å². The molecule has 0 unspecified atom stereocenters. The zero-order valence-electron chi connectivity index (χ0n) is 7.57. The SMILES string of the molecule is CO[C@@H]1CN(C(=O)CCCl)C[C@@H]1O. The van der Waals surface area contributed by atoms with E-state index in [0.29, 0.717) is 25.4 Å². The molecule has 1 aliphatic rings. The van der Waals surface area contributed by atoms with Crippen molar-refractivity contribution in [3.63, 3.8) is 0 Å². The smallest absolute Gasteiger partial charge is 0.223 e. The van der Waals surface area contributed by atoms with Crippen LogP contribution in [0.1, 0.15) is 6.42 Å². The third kappa shape index (κ3) is 2.56. The topological polar surface area (TPSA) is 49.8 Å². The Morgan fingerprint density at radius 1 is 1.69 bits per heavy atom. The predicted molar refractivity (Wildman–Crippen MR) is 48.7 cm³/mol. The van der Waals surface area contributed by atoms with Gasteiger partial charge in [-0.05, 0) is 0 Å². The number of aliphatic hydroxyl groups excluding tert-OH is 1. The van der Waals surface area contributed by atoms with Gasteiger partial charge in [0.1, 0.15) is 6.10 Å². The van der Waals surface area contributed by atoms with Crippen LogP contribution >= 0.6 is 11.6 Å². The van der Waals surface area contributed by atoms with Crippen molar-refractivity contribution < 1.29 is 14.6 Å². The molecule has 76 valence electrons. The molecule has 1 rings (SSSR count). The van der Waals surface area contributed by atoms with E-state index in [0.717, 1.165) is 0 Å². The third-order valence-electron chi connectivity index (χ3n) is 2.20. The van der Waals surface area contributed by atoms with Gasteiger partial charge in [0.2, 0.25) is 5.91 Å². The number of amides is 1. The number of hydrogen-bond acceptors (Lipinski definition) is 3. The molecule has 5 heteroatoms. The summed E-state index contributed by atoms with van der Waals surface area (Å²) in [6.45, 7) is 0.821. The molecule has 13 heavy (non-hydrogen) atoms. The fourth-order valence-electron chi connectivity index (χ4n) is 1.43. The second-order valence-corrected chi connectivity index (χ2v) is 3.46. The Bertz CT molecular complexity index is 188. The summed E-state index contributed by atoms with van der Waals surface area (Å²) < 4.78 is 5.01. The second kappa shape index (κ2) is 4.79. The number of β-amino-alcohol motifs (C(OH)–C–C–N with tert-alkyl or cyclic N) is 1. The van der Waals surface area contributed by atoms with Crippen molar-refractivity contribution in [2.24, 2.45) is 0 Å². The Morgan fingerprint density at radius 3 is 2.85 bits per heavy atom. The van der Waals surface area contributed by atoms with Crippen LogP contribution < -0.4 is 0 Å². The number of carbonyl (C=O) groups excluding carboxylic acids is 1. The molecule has 0 aliphatic carbocycles. The van der Waals surface area contributed by atoms with Crippen LogP contribution in [0.2, 0.25) is 0 Å². The van der Waals surface area contributed by atoms with Crippen LogP contribution in [0, 0.1) is 0 Å². The quantitative estimate of drug-likeness (QED) is 0.654. The average molecular weight is 208 g/mol. The molecule has 0 aromatic rings. The first kappa shape index (κ1) is 10.8. The van der Waals surface area contributed by atoms with E-state index in [1.165, 1.54) is 7.11 Å². The van der Waals surface area contributed by atoms with E-state index in [9.17, 15) is 9.90 Å². The molecule has 0 bridgehead atoms. The van der Waals surface area contributed by atoms with Gasteiger partial charge in [-0.25, -0.2) is 0 Å². The largest absolute Gasteiger partial charge is 0.388 e. The van der Waals surface area contributed by atoms with Crippen LogP contribution in [0.5, 0.6) is 0 Å². The fourth-order valence-corrected chi connectivity index (χ4v) is 1.59. The number of nitrogens with zero attached hydrogens (tertiary/aromatic N) is 1. The van der Waals surface area contributed by atoms with Crippen molar-refractivity contribution in [3.8, 4) is 0 Å². The molecule has 1 aliphatic heterocycles. The minimum absolute atomic E-state index is 0.0198. The van der Waals surface area contributed by atoms with E-state index in [2.05, 4.69) is 0 Å². The second-order valence-electron chi connectivity index (χ2n) is 3.08. The highest BCUT2D eigenvalue weighted by atomic mass is 35.5. The number of halogens is 1. The molecular formula is C8H14ClNO3. The highest BCUT2D eigenvalue weighted by Gasteiger charge is 2.33. The Labute approximate surface area is 82.4 Å². The number of likely N-dealkylation sites (tertiary alicyclic amines) is 1. The van der Waals surface area contributed by atoms with E-state index in [1.807, 2.05) is 0 Å². The first-order chi connectivity index (χ1) is 6.19. The van der Waals surface area contributed by atoms with Crippen molar-refractivity contribution >= 4 is 17.5 Å². The van der Waals surface area contributed by atoms with E-state index < -0.39 is 6.10 Å². The standard InChI is InChI=1S/C8H14ClNO3/c1-13-7-5-10(4-6(7)11)8(12)2-3-9/h6-7,11H,2-5H2,1H3/t6-,7+/m0/s1. The van der Waals surface area contributed by atoms with E-state index in [1.54, 1.807) is 4.90 Å². The Hall–Kier alpha value is -0.320. The summed E-state index contributed by atoms with van der Waals surface area (Å²) in [6, 6.07) is 0. The lowest BCUT2D eigenvalue weighted by atomic mass is 10.3. The summed E-state index contributed by atoms with van der Waals surface area (Å²) >= 11 is 5.44. The predicted octanol–water partition coefficient (Wildman–Crippen LogP) is -0.167. The van der Waals surface area contributed by atoms with Gasteiger partial charge < -0.3 is 14.7 Å². The van der Waals surface area contributed by atoms with Crippen LogP contribution in [0.15, 0.2) is 0 Å². The minimum Gasteiger partial charge on any atom is -0.388 e. The minimum atomic E-state index is -0.565. The molecule has 1 heterocycles. The zero-order valence-corrected chi connectivity index (χ0v) is 8.33. The maximum atomic E-state index is 11.3. The van der Waals surface area contributed by atoms with E-state index >= 15 is 0 Å². The molecule has 1 N–H and O–H groups in total. The Kier molecular flexibility index (Phi) is 3.96. The number of methoxy groups -OCH3 is 1. The molecule has 0 saturated carbocycles. The van der Waals surface area contributed by atoms with Crippen LogP contribution in [0.4, 0.5) is 0 Å². The highest BCUT2D eigenvalue weighted by Crippen LogP contribution is 2.13.